The molecule has 1 aliphatic rings. The van der Waals surface area contributed by atoms with Gasteiger partial charge in [-0.05, 0) is 41.4 Å². The van der Waals surface area contributed by atoms with Crippen molar-refractivity contribution in [3.8, 4) is 0 Å². The molecule has 0 amide bonds. The number of rotatable bonds is 1. The van der Waals surface area contributed by atoms with Gasteiger partial charge in [0.2, 0.25) is 4.58 Å². The summed E-state index contributed by atoms with van der Waals surface area (Å²) in [6, 6.07) is 0. The number of hydrogen-bond acceptors (Lipinski definition) is 1. The van der Waals surface area contributed by atoms with E-state index in [4.69, 9.17) is 5.11 Å². The Balaban J connectivity index is 3.36. The van der Waals surface area contributed by atoms with Gasteiger partial charge in [-0.3, -0.25) is 0 Å². The summed E-state index contributed by atoms with van der Waals surface area (Å²) in [5.74, 6) is -1.12. The first kappa shape index (κ1) is 11.9. The lowest BCUT2D eigenvalue weighted by molar-refractivity contribution is -0.133. The van der Waals surface area contributed by atoms with E-state index in [2.05, 4.69) is 31.9 Å². The summed E-state index contributed by atoms with van der Waals surface area (Å²) in [5, 5.41) is 8.97. The molecule has 0 saturated carbocycles. The van der Waals surface area contributed by atoms with E-state index in [-0.39, 0.29) is 5.57 Å². The number of hydrogen-bond donors (Lipinski definition) is 1. The summed E-state index contributed by atoms with van der Waals surface area (Å²) in [5.41, 5.74) is 0.573. The fourth-order valence-corrected chi connectivity index (χ4v) is 2.32. The smallest absolute Gasteiger partial charge is 0.333 e. The van der Waals surface area contributed by atoms with Crippen molar-refractivity contribution in [2.45, 2.75) is 22.7 Å². The molecule has 1 N–H and O–H groups in total. The first-order valence-corrected chi connectivity index (χ1v) is 5.49. The Morgan fingerprint density at radius 3 is 2.43 bits per heavy atom. The average Bonchev–Trinajstić information content (AvgIpc) is 1.97. The Hall–Kier alpha value is -0.160. The van der Waals surface area contributed by atoms with Crippen LogP contribution in [0.4, 0.5) is 4.39 Å². The lowest BCUT2D eigenvalue weighted by Gasteiger charge is -2.36. The minimum atomic E-state index is -1.88. The zero-order chi connectivity index (χ0) is 11.1. The molecule has 0 radical (unpaired) electrons. The van der Waals surface area contributed by atoms with E-state index in [1.165, 1.54) is 19.1 Å². The maximum Gasteiger partial charge on any atom is 0.333 e. The van der Waals surface area contributed by atoms with Gasteiger partial charge >= 0.3 is 5.97 Å². The van der Waals surface area contributed by atoms with Crippen molar-refractivity contribution in [1.29, 1.82) is 0 Å². The Kier molecular flexibility index (Phi) is 2.94. The summed E-state index contributed by atoms with van der Waals surface area (Å²) in [4.78, 5) is 11.0. The highest BCUT2D eigenvalue weighted by Gasteiger charge is 2.51. The maximum atomic E-state index is 13.9. The summed E-state index contributed by atoms with van der Waals surface area (Å²) >= 11 is 5.96. The molecule has 0 saturated heterocycles. The molecule has 2 atom stereocenters. The van der Waals surface area contributed by atoms with Crippen LogP contribution >= 0.6 is 31.9 Å². The van der Waals surface area contributed by atoms with Gasteiger partial charge in [0, 0.05) is 0 Å². The fraction of sp³-hybridized carbons (Fsp3) is 0.444. The van der Waals surface area contributed by atoms with Crippen molar-refractivity contribution >= 4 is 37.8 Å². The van der Waals surface area contributed by atoms with Crippen LogP contribution in [0.15, 0.2) is 23.3 Å². The van der Waals surface area contributed by atoms with Crippen molar-refractivity contribution in [1.82, 2.24) is 0 Å². The molecule has 0 aromatic carbocycles. The van der Waals surface area contributed by atoms with Crippen LogP contribution in [0.1, 0.15) is 13.8 Å². The van der Waals surface area contributed by atoms with E-state index in [0.717, 1.165) is 0 Å². The first-order chi connectivity index (χ1) is 6.20. The van der Waals surface area contributed by atoms with Gasteiger partial charge in [0.1, 0.15) is 4.32 Å². The van der Waals surface area contributed by atoms with Gasteiger partial charge in [-0.1, -0.05) is 22.0 Å². The van der Waals surface area contributed by atoms with Crippen LogP contribution in [0, 0.1) is 0 Å². The molecule has 0 heterocycles. The van der Waals surface area contributed by atoms with Crippen LogP contribution in [-0.2, 0) is 4.79 Å². The topological polar surface area (TPSA) is 37.3 Å². The zero-order valence-corrected chi connectivity index (χ0v) is 10.8. The van der Waals surface area contributed by atoms with Gasteiger partial charge < -0.3 is 5.11 Å². The molecule has 1 aliphatic carbocycles. The number of carbonyl (C=O) groups is 1. The fourth-order valence-electron chi connectivity index (χ4n) is 1.38. The molecule has 0 aromatic rings. The predicted octanol–water partition coefficient (Wildman–Crippen LogP) is 3.17. The third kappa shape index (κ3) is 1.67. The van der Waals surface area contributed by atoms with Crippen LogP contribution in [0.25, 0.3) is 0 Å². The molecular formula is C9H9Br2FO2. The van der Waals surface area contributed by atoms with Crippen molar-refractivity contribution < 1.29 is 14.3 Å². The van der Waals surface area contributed by atoms with Crippen LogP contribution in [0.3, 0.4) is 0 Å². The van der Waals surface area contributed by atoms with Crippen LogP contribution < -0.4 is 0 Å². The second-order valence-corrected chi connectivity index (χ2v) is 6.06. The van der Waals surface area contributed by atoms with E-state index in [9.17, 15) is 9.18 Å². The van der Waals surface area contributed by atoms with Gasteiger partial charge in [0.05, 0.1) is 5.57 Å². The van der Waals surface area contributed by atoms with Crippen molar-refractivity contribution in [3.63, 3.8) is 0 Å². The SMILES string of the molecule is CC1=C(C(=O)O)C(C)(Br)C(F)(Br)C=C1. The van der Waals surface area contributed by atoms with Gasteiger partial charge in [-0.2, -0.15) is 0 Å². The number of carboxylic acid groups (broad SMARTS) is 1. The molecular weight excluding hydrogens is 319 g/mol. The van der Waals surface area contributed by atoms with Gasteiger partial charge in [-0.15, -0.1) is 0 Å². The van der Waals surface area contributed by atoms with Crippen LogP contribution in [0.2, 0.25) is 0 Å². The van der Waals surface area contributed by atoms with E-state index in [0.29, 0.717) is 5.57 Å². The molecule has 14 heavy (non-hydrogen) atoms. The number of alkyl halides is 3. The van der Waals surface area contributed by atoms with Crippen LogP contribution in [0.5, 0.6) is 0 Å². The lowest BCUT2D eigenvalue weighted by atomic mass is 9.87. The minimum absolute atomic E-state index is 0.0272. The molecule has 0 fully saturated rings. The first-order valence-electron chi connectivity index (χ1n) is 3.91. The Bertz CT molecular complexity index is 343. The predicted molar refractivity (Wildman–Crippen MR) is 59.6 cm³/mol. The molecule has 2 nitrogen and oxygen atoms in total. The lowest BCUT2D eigenvalue weighted by Crippen LogP contribution is -2.43. The van der Waals surface area contributed by atoms with E-state index < -0.39 is 14.9 Å². The average molecular weight is 328 g/mol. The summed E-state index contributed by atoms with van der Waals surface area (Å²) in [6.45, 7) is 3.12. The molecule has 0 aromatic heterocycles. The van der Waals surface area contributed by atoms with E-state index in [1.54, 1.807) is 6.92 Å². The third-order valence-electron chi connectivity index (χ3n) is 2.25. The number of aliphatic carboxylic acids is 1. The number of allylic oxidation sites excluding steroid dienone is 3. The Labute approximate surface area is 98.1 Å². The molecule has 5 heteroatoms. The van der Waals surface area contributed by atoms with Gasteiger partial charge in [0.15, 0.2) is 0 Å². The molecule has 0 aliphatic heterocycles. The monoisotopic (exact) mass is 326 g/mol. The molecule has 2 unspecified atom stereocenters. The molecule has 1 rings (SSSR count). The summed E-state index contributed by atoms with van der Waals surface area (Å²) in [7, 11) is 0. The van der Waals surface area contributed by atoms with Gasteiger partial charge in [0.25, 0.3) is 0 Å². The summed E-state index contributed by atoms with van der Waals surface area (Å²) in [6.07, 6.45) is 2.75. The highest BCUT2D eigenvalue weighted by atomic mass is 79.9. The second kappa shape index (κ2) is 3.45. The largest absolute Gasteiger partial charge is 0.478 e. The van der Waals surface area contributed by atoms with Crippen molar-refractivity contribution in [2.24, 2.45) is 0 Å². The highest BCUT2D eigenvalue weighted by molar-refractivity contribution is 9.13. The maximum absolute atomic E-state index is 13.9. The normalized spacial score (nSPS) is 37.5. The highest BCUT2D eigenvalue weighted by Crippen LogP contribution is 2.49. The molecule has 0 bridgehead atoms. The minimum Gasteiger partial charge on any atom is -0.478 e. The van der Waals surface area contributed by atoms with Crippen molar-refractivity contribution in [2.75, 3.05) is 0 Å². The van der Waals surface area contributed by atoms with Gasteiger partial charge in [-0.25, -0.2) is 9.18 Å². The van der Waals surface area contributed by atoms with E-state index >= 15 is 0 Å². The Morgan fingerprint density at radius 1 is 1.57 bits per heavy atom. The summed E-state index contributed by atoms with van der Waals surface area (Å²) < 4.78 is 10.8. The quantitative estimate of drug-likeness (QED) is 0.751. The van der Waals surface area contributed by atoms with Crippen LogP contribution in [-0.4, -0.2) is 20.0 Å². The van der Waals surface area contributed by atoms with E-state index in [1.807, 2.05) is 0 Å². The molecule has 0 spiro atoms. The number of carboxylic acids is 1. The van der Waals surface area contributed by atoms with Crippen molar-refractivity contribution in [3.05, 3.63) is 23.3 Å². The third-order valence-corrected chi connectivity index (χ3v) is 4.81. The Morgan fingerprint density at radius 2 is 2.07 bits per heavy atom. The number of halogens is 3. The second-order valence-electron chi connectivity index (χ2n) is 3.32. The molecule has 78 valence electrons. The standard InChI is InChI=1S/C9H9Br2FO2/c1-5-3-4-9(11,12)8(2,10)6(5)7(13)14/h3-4H,1-2H3,(H,13,14). The zero-order valence-electron chi connectivity index (χ0n) is 7.64.